The molecule has 1 aromatic rings. The number of hydrogen-bond donors (Lipinski definition) is 1. The van der Waals surface area contributed by atoms with Gasteiger partial charge in [0.2, 0.25) is 10.0 Å². The lowest BCUT2D eigenvalue weighted by Gasteiger charge is -2.34. The molecule has 0 aromatic heterocycles. The number of amides is 1. The molecule has 9 heteroatoms. The molecule has 1 saturated carbocycles. The average molecular weight is 459 g/mol. The molecule has 0 spiro atoms. The Kier molecular flexibility index (Phi) is 8.70. The first-order valence-electron chi connectivity index (χ1n) is 10.4. The van der Waals surface area contributed by atoms with Crippen LogP contribution in [-0.4, -0.2) is 50.3 Å². The fourth-order valence-corrected chi connectivity index (χ4v) is 5.74. The third-order valence-electron chi connectivity index (χ3n) is 5.88. The number of sulfonamides is 1. The highest BCUT2D eigenvalue weighted by atomic mass is 35.5. The second kappa shape index (κ2) is 10.6. The van der Waals surface area contributed by atoms with Gasteiger partial charge in [-0.2, -0.15) is 4.31 Å². The molecule has 1 fully saturated rings. The molecule has 168 valence electrons. The van der Waals surface area contributed by atoms with Crippen molar-refractivity contribution < 1.29 is 22.7 Å². The number of nitrogens with zero attached hydrogens (tertiary/aromatic N) is 1. The summed E-state index contributed by atoms with van der Waals surface area (Å²) < 4.78 is 31.9. The summed E-state index contributed by atoms with van der Waals surface area (Å²) in [5, 5.41) is 2.97. The molecule has 30 heavy (non-hydrogen) atoms. The van der Waals surface area contributed by atoms with E-state index in [4.69, 9.17) is 16.3 Å². The van der Waals surface area contributed by atoms with Crippen LogP contribution in [0.2, 0.25) is 5.02 Å². The zero-order valence-electron chi connectivity index (χ0n) is 18.0. The molecular weight excluding hydrogens is 428 g/mol. The van der Waals surface area contributed by atoms with E-state index in [0.29, 0.717) is 11.8 Å². The number of nitrogens with one attached hydrogen (secondary N) is 1. The van der Waals surface area contributed by atoms with Gasteiger partial charge in [0.05, 0.1) is 10.6 Å². The molecule has 7 nitrogen and oxygen atoms in total. The SMILES string of the molecule is CCN(CC)S(=O)(=O)c1cc(C(=O)OCC(=O)N[C@H]2CCC[C@H](C)[C@@H]2C)ccc1Cl. The van der Waals surface area contributed by atoms with Crippen LogP contribution in [0.5, 0.6) is 0 Å². The summed E-state index contributed by atoms with van der Waals surface area (Å²) in [5.41, 5.74) is 0.0255. The van der Waals surface area contributed by atoms with Crippen LogP contribution in [0.1, 0.15) is 57.3 Å². The third kappa shape index (κ3) is 5.74. The Labute approximate surface area is 184 Å². The van der Waals surface area contributed by atoms with E-state index in [9.17, 15) is 18.0 Å². The number of carbonyl (C=O) groups is 2. The summed E-state index contributed by atoms with van der Waals surface area (Å²) in [4.78, 5) is 24.5. The molecule has 1 aliphatic rings. The molecule has 1 amide bonds. The van der Waals surface area contributed by atoms with E-state index in [2.05, 4.69) is 19.2 Å². The lowest BCUT2D eigenvalue weighted by atomic mass is 9.78. The fraction of sp³-hybridized carbons (Fsp3) is 0.619. The van der Waals surface area contributed by atoms with Crippen LogP contribution in [0, 0.1) is 11.8 Å². The van der Waals surface area contributed by atoms with Gasteiger partial charge in [0.25, 0.3) is 5.91 Å². The first-order chi connectivity index (χ1) is 14.1. The predicted octanol–water partition coefficient (Wildman–Crippen LogP) is 3.47. The Morgan fingerprint density at radius 2 is 1.87 bits per heavy atom. The van der Waals surface area contributed by atoms with Crippen LogP contribution >= 0.6 is 11.6 Å². The molecule has 1 N–H and O–H groups in total. The Morgan fingerprint density at radius 3 is 2.50 bits per heavy atom. The Hall–Kier alpha value is -1.64. The van der Waals surface area contributed by atoms with E-state index in [1.807, 2.05) is 0 Å². The highest BCUT2D eigenvalue weighted by Crippen LogP contribution is 2.29. The smallest absolute Gasteiger partial charge is 0.338 e. The normalized spacial score (nSPS) is 22.0. The monoisotopic (exact) mass is 458 g/mol. The van der Waals surface area contributed by atoms with Crippen molar-refractivity contribution in [2.24, 2.45) is 11.8 Å². The quantitative estimate of drug-likeness (QED) is 0.602. The van der Waals surface area contributed by atoms with Gasteiger partial charge in [-0.3, -0.25) is 4.79 Å². The molecular formula is C21H31ClN2O5S. The van der Waals surface area contributed by atoms with Crippen molar-refractivity contribution >= 4 is 33.5 Å². The van der Waals surface area contributed by atoms with Crippen molar-refractivity contribution in [1.82, 2.24) is 9.62 Å². The molecule has 3 atom stereocenters. The Bertz CT molecular complexity index is 870. The van der Waals surface area contributed by atoms with Crippen molar-refractivity contribution in [3.05, 3.63) is 28.8 Å². The van der Waals surface area contributed by atoms with Crippen LogP contribution in [-0.2, 0) is 19.6 Å². The maximum Gasteiger partial charge on any atom is 0.338 e. The summed E-state index contributed by atoms with van der Waals surface area (Å²) >= 11 is 6.08. The second-order valence-electron chi connectivity index (χ2n) is 7.75. The average Bonchev–Trinajstić information content (AvgIpc) is 2.70. The minimum atomic E-state index is -3.84. The molecule has 0 heterocycles. The van der Waals surface area contributed by atoms with E-state index >= 15 is 0 Å². The maximum atomic E-state index is 12.8. The highest BCUT2D eigenvalue weighted by molar-refractivity contribution is 7.89. The first kappa shape index (κ1) is 24.6. The van der Waals surface area contributed by atoms with E-state index in [-0.39, 0.29) is 40.5 Å². The summed E-state index contributed by atoms with van der Waals surface area (Å²) in [6.45, 7) is 7.88. The molecule has 1 aromatic carbocycles. The van der Waals surface area contributed by atoms with Gasteiger partial charge in [0.15, 0.2) is 6.61 Å². The predicted molar refractivity (Wildman–Crippen MR) is 116 cm³/mol. The number of esters is 1. The summed E-state index contributed by atoms with van der Waals surface area (Å²) in [5.74, 6) is -0.239. The zero-order valence-corrected chi connectivity index (χ0v) is 19.6. The van der Waals surface area contributed by atoms with Gasteiger partial charge in [-0.15, -0.1) is 0 Å². The number of hydrogen-bond acceptors (Lipinski definition) is 5. The Morgan fingerprint density at radius 1 is 1.20 bits per heavy atom. The molecule has 0 aliphatic heterocycles. The van der Waals surface area contributed by atoms with Crippen molar-refractivity contribution in [2.75, 3.05) is 19.7 Å². The first-order valence-corrected chi connectivity index (χ1v) is 12.2. The van der Waals surface area contributed by atoms with Crippen LogP contribution < -0.4 is 5.32 Å². The van der Waals surface area contributed by atoms with Gasteiger partial charge < -0.3 is 10.1 Å². The van der Waals surface area contributed by atoms with E-state index < -0.39 is 22.6 Å². The number of ether oxygens (including phenoxy) is 1. The largest absolute Gasteiger partial charge is 0.452 e. The van der Waals surface area contributed by atoms with Crippen LogP contribution in [0.15, 0.2) is 23.1 Å². The van der Waals surface area contributed by atoms with Gasteiger partial charge in [0, 0.05) is 19.1 Å². The van der Waals surface area contributed by atoms with Gasteiger partial charge in [-0.05, 0) is 36.5 Å². The van der Waals surface area contributed by atoms with Crippen molar-refractivity contribution in [2.45, 2.75) is 57.9 Å². The highest BCUT2D eigenvalue weighted by Gasteiger charge is 2.29. The maximum absolute atomic E-state index is 12.8. The fourth-order valence-electron chi connectivity index (χ4n) is 3.78. The summed E-state index contributed by atoms with van der Waals surface area (Å²) in [7, 11) is -3.84. The number of rotatable bonds is 8. The molecule has 0 radical (unpaired) electrons. The van der Waals surface area contributed by atoms with Crippen LogP contribution in [0.4, 0.5) is 0 Å². The molecule has 1 aliphatic carbocycles. The third-order valence-corrected chi connectivity index (χ3v) is 8.41. The number of carbonyl (C=O) groups excluding carboxylic acids is 2. The van der Waals surface area contributed by atoms with Gasteiger partial charge in [0.1, 0.15) is 4.90 Å². The van der Waals surface area contributed by atoms with Crippen molar-refractivity contribution in [1.29, 1.82) is 0 Å². The molecule has 2 rings (SSSR count). The molecule has 0 saturated heterocycles. The lowest BCUT2D eigenvalue weighted by Crippen LogP contribution is -2.45. The van der Waals surface area contributed by atoms with Gasteiger partial charge in [-0.25, -0.2) is 13.2 Å². The number of halogens is 1. The topological polar surface area (TPSA) is 92.8 Å². The van der Waals surface area contributed by atoms with Crippen molar-refractivity contribution in [3.8, 4) is 0 Å². The molecule has 0 bridgehead atoms. The minimum Gasteiger partial charge on any atom is -0.452 e. The lowest BCUT2D eigenvalue weighted by molar-refractivity contribution is -0.125. The Balaban J connectivity index is 2.04. The summed E-state index contributed by atoms with van der Waals surface area (Å²) in [6, 6.07) is 4.00. The standard InChI is InChI=1S/C21H31ClN2O5S/c1-5-24(6-2)30(27,28)19-12-16(10-11-17(19)22)21(26)29-13-20(25)23-18-9-7-8-14(3)15(18)4/h10-12,14-15,18H,5-9,13H2,1-4H3,(H,23,25)/t14-,15-,18-/m0/s1. The minimum absolute atomic E-state index is 0.0246. The number of benzene rings is 1. The van der Waals surface area contributed by atoms with E-state index in [1.54, 1.807) is 13.8 Å². The van der Waals surface area contributed by atoms with E-state index in [0.717, 1.165) is 19.3 Å². The second-order valence-corrected chi connectivity index (χ2v) is 10.1. The zero-order chi connectivity index (χ0) is 22.5. The van der Waals surface area contributed by atoms with Gasteiger partial charge in [-0.1, -0.05) is 52.1 Å². The van der Waals surface area contributed by atoms with E-state index in [1.165, 1.54) is 22.5 Å². The van der Waals surface area contributed by atoms with Gasteiger partial charge >= 0.3 is 5.97 Å². The van der Waals surface area contributed by atoms with Crippen LogP contribution in [0.25, 0.3) is 0 Å². The summed E-state index contributed by atoms with van der Waals surface area (Å²) in [6.07, 6.45) is 3.12. The van der Waals surface area contributed by atoms with Crippen LogP contribution in [0.3, 0.4) is 0 Å². The molecule has 0 unspecified atom stereocenters. The van der Waals surface area contributed by atoms with Crippen molar-refractivity contribution in [3.63, 3.8) is 0 Å².